The fourth-order valence-electron chi connectivity index (χ4n) is 3.24. The Hall–Kier alpha value is -2.40. The quantitative estimate of drug-likeness (QED) is 0.808. The maximum absolute atomic E-state index is 12.5. The third-order valence-corrected chi connectivity index (χ3v) is 5.14. The molecule has 1 amide bonds. The van der Waals surface area contributed by atoms with Crippen molar-refractivity contribution in [1.82, 2.24) is 10.2 Å². The van der Waals surface area contributed by atoms with Gasteiger partial charge in [0.15, 0.2) is 5.11 Å². The second kappa shape index (κ2) is 8.32. The second-order valence-electron chi connectivity index (χ2n) is 6.85. The van der Waals surface area contributed by atoms with Crippen LogP contribution in [0.3, 0.4) is 0 Å². The first kappa shape index (κ1) is 18.4. The molecule has 1 aliphatic heterocycles. The van der Waals surface area contributed by atoms with Gasteiger partial charge in [0.25, 0.3) is 5.91 Å². The van der Waals surface area contributed by atoms with Gasteiger partial charge in [-0.05, 0) is 68.2 Å². The summed E-state index contributed by atoms with van der Waals surface area (Å²) < 4.78 is 0. The van der Waals surface area contributed by atoms with Crippen molar-refractivity contribution in [2.75, 3.05) is 18.4 Å². The number of carbonyl (C=O) groups is 1. The number of amides is 1. The van der Waals surface area contributed by atoms with E-state index in [1.165, 1.54) is 5.56 Å². The molecule has 0 atom stereocenters. The van der Waals surface area contributed by atoms with Gasteiger partial charge in [-0.2, -0.15) is 0 Å². The summed E-state index contributed by atoms with van der Waals surface area (Å²) in [6.07, 6.45) is 1.79. The summed E-state index contributed by atoms with van der Waals surface area (Å²) in [6, 6.07) is 16.1. The Kier molecular flexibility index (Phi) is 5.89. The van der Waals surface area contributed by atoms with Crippen LogP contribution in [0, 0.1) is 13.8 Å². The fraction of sp³-hybridized carbons (Fsp3) is 0.333. The molecular weight excluding hydrogens is 342 g/mol. The monoisotopic (exact) mass is 367 g/mol. The van der Waals surface area contributed by atoms with E-state index in [1.54, 1.807) is 0 Å². The van der Waals surface area contributed by atoms with Crippen LogP contribution >= 0.6 is 12.2 Å². The molecule has 0 aliphatic carbocycles. The van der Waals surface area contributed by atoms with E-state index in [-0.39, 0.29) is 11.9 Å². The molecule has 1 saturated heterocycles. The molecule has 0 unspecified atom stereocenters. The van der Waals surface area contributed by atoms with Crippen molar-refractivity contribution in [3.63, 3.8) is 0 Å². The van der Waals surface area contributed by atoms with E-state index in [1.807, 2.05) is 43.3 Å². The predicted octanol–water partition coefficient (Wildman–Crippen LogP) is 3.89. The highest BCUT2D eigenvalue weighted by Gasteiger charge is 2.23. The maximum atomic E-state index is 12.5. The molecule has 0 radical (unpaired) electrons. The van der Waals surface area contributed by atoms with Crippen LogP contribution in [0.2, 0.25) is 0 Å². The van der Waals surface area contributed by atoms with Crippen LogP contribution in [0.15, 0.2) is 48.5 Å². The number of carbonyl (C=O) groups excluding carboxylic acids is 1. The van der Waals surface area contributed by atoms with Gasteiger partial charge in [0.2, 0.25) is 0 Å². The van der Waals surface area contributed by atoms with Crippen molar-refractivity contribution < 1.29 is 4.79 Å². The number of anilines is 1. The Labute approximate surface area is 160 Å². The lowest BCUT2D eigenvalue weighted by molar-refractivity contribution is 0.0922. The number of hydrogen-bond donors (Lipinski definition) is 2. The van der Waals surface area contributed by atoms with Crippen LogP contribution in [0.5, 0.6) is 0 Å². The summed E-state index contributed by atoms with van der Waals surface area (Å²) in [5, 5.41) is 7.22. The Morgan fingerprint density at radius 1 is 1.08 bits per heavy atom. The minimum atomic E-state index is 0.0158. The molecule has 0 bridgehead atoms. The van der Waals surface area contributed by atoms with Crippen molar-refractivity contribution in [3.05, 3.63) is 65.2 Å². The van der Waals surface area contributed by atoms with Gasteiger partial charge in [0, 0.05) is 30.4 Å². The van der Waals surface area contributed by atoms with E-state index < -0.39 is 0 Å². The number of nitrogens with one attached hydrogen (secondary N) is 2. The van der Waals surface area contributed by atoms with Crippen molar-refractivity contribution in [3.8, 4) is 0 Å². The molecule has 5 heteroatoms. The summed E-state index contributed by atoms with van der Waals surface area (Å²) >= 11 is 5.55. The molecular formula is C21H25N3OS. The summed E-state index contributed by atoms with van der Waals surface area (Å²) in [5.41, 5.74) is 3.98. The summed E-state index contributed by atoms with van der Waals surface area (Å²) in [6.45, 7) is 5.72. The van der Waals surface area contributed by atoms with Crippen LogP contribution in [0.1, 0.15) is 34.3 Å². The van der Waals surface area contributed by atoms with Crippen LogP contribution in [0.25, 0.3) is 0 Å². The van der Waals surface area contributed by atoms with E-state index in [2.05, 4.69) is 34.6 Å². The van der Waals surface area contributed by atoms with Gasteiger partial charge in [-0.3, -0.25) is 4.79 Å². The topological polar surface area (TPSA) is 44.4 Å². The van der Waals surface area contributed by atoms with Crippen molar-refractivity contribution in [1.29, 1.82) is 0 Å². The zero-order valence-electron chi connectivity index (χ0n) is 15.3. The molecule has 2 aromatic rings. The summed E-state index contributed by atoms with van der Waals surface area (Å²) in [4.78, 5) is 14.6. The molecule has 4 nitrogen and oxygen atoms in total. The number of thiocarbonyl (C=S) groups is 1. The highest BCUT2D eigenvalue weighted by atomic mass is 32.1. The highest BCUT2D eigenvalue weighted by molar-refractivity contribution is 7.80. The van der Waals surface area contributed by atoms with E-state index in [0.717, 1.165) is 47.9 Å². The molecule has 0 aromatic heterocycles. The number of piperidine rings is 1. The van der Waals surface area contributed by atoms with Gasteiger partial charge in [0.05, 0.1) is 0 Å². The largest absolute Gasteiger partial charge is 0.349 e. The number of aryl methyl sites for hydroxylation is 2. The number of nitrogens with zero attached hydrogens (tertiary/aromatic N) is 1. The minimum absolute atomic E-state index is 0.0158. The first-order chi connectivity index (χ1) is 12.5. The second-order valence-corrected chi connectivity index (χ2v) is 7.24. The molecule has 3 rings (SSSR count). The lowest BCUT2D eigenvalue weighted by atomic mass is 10.0. The molecule has 1 heterocycles. The normalized spacial score (nSPS) is 14.8. The number of rotatable bonds is 3. The Morgan fingerprint density at radius 3 is 2.50 bits per heavy atom. The number of likely N-dealkylation sites (tertiary alicyclic amines) is 1. The van der Waals surface area contributed by atoms with Gasteiger partial charge in [-0.15, -0.1) is 0 Å². The summed E-state index contributed by atoms with van der Waals surface area (Å²) in [7, 11) is 0. The van der Waals surface area contributed by atoms with Gasteiger partial charge < -0.3 is 15.5 Å². The predicted molar refractivity (Wildman–Crippen MR) is 111 cm³/mol. The van der Waals surface area contributed by atoms with Gasteiger partial charge in [-0.1, -0.05) is 30.3 Å². The standard InChI is InChI=1S/C21H25N3OS/c1-15-6-5-8-18(14-15)23-21(26)24-12-10-17(11-13-24)22-20(25)19-9-4-3-7-16(19)2/h3-9,14,17H,10-13H2,1-2H3,(H,22,25)(H,23,26). The zero-order chi connectivity index (χ0) is 18.5. The van der Waals surface area contributed by atoms with Crippen molar-refractivity contribution in [2.24, 2.45) is 0 Å². The zero-order valence-corrected chi connectivity index (χ0v) is 16.1. The Morgan fingerprint density at radius 2 is 1.81 bits per heavy atom. The summed E-state index contributed by atoms with van der Waals surface area (Å²) in [5.74, 6) is 0.0158. The maximum Gasteiger partial charge on any atom is 0.251 e. The molecule has 26 heavy (non-hydrogen) atoms. The number of hydrogen-bond acceptors (Lipinski definition) is 2. The fourth-order valence-corrected chi connectivity index (χ4v) is 3.54. The van der Waals surface area contributed by atoms with E-state index in [9.17, 15) is 4.79 Å². The van der Waals surface area contributed by atoms with Crippen molar-refractivity contribution >= 4 is 28.9 Å². The van der Waals surface area contributed by atoms with Crippen molar-refractivity contribution in [2.45, 2.75) is 32.7 Å². The number of benzene rings is 2. The van der Waals surface area contributed by atoms with Crippen LogP contribution < -0.4 is 10.6 Å². The SMILES string of the molecule is Cc1cccc(NC(=S)N2CCC(NC(=O)c3ccccc3C)CC2)c1. The average Bonchev–Trinajstić information content (AvgIpc) is 2.62. The molecule has 136 valence electrons. The third kappa shape index (κ3) is 4.61. The first-order valence-electron chi connectivity index (χ1n) is 9.02. The van der Waals surface area contributed by atoms with Crippen LogP contribution in [-0.2, 0) is 0 Å². The average molecular weight is 368 g/mol. The Bertz CT molecular complexity index is 797. The van der Waals surface area contributed by atoms with Gasteiger partial charge in [-0.25, -0.2) is 0 Å². The minimum Gasteiger partial charge on any atom is -0.349 e. The van der Waals surface area contributed by atoms with E-state index in [4.69, 9.17) is 12.2 Å². The van der Waals surface area contributed by atoms with Crippen LogP contribution in [-0.4, -0.2) is 35.1 Å². The van der Waals surface area contributed by atoms with Gasteiger partial charge >= 0.3 is 0 Å². The molecule has 2 aromatic carbocycles. The molecule has 1 fully saturated rings. The Balaban J connectivity index is 1.50. The highest BCUT2D eigenvalue weighted by Crippen LogP contribution is 2.16. The third-order valence-electron chi connectivity index (χ3n) is 4.78. The molecule has 0 saturated carbocycles. The van der Waals surface area contributed by atoms with Gasteiger partial charge in [0.1, 0.15) is 0 Å². The van der Waals surface area contributed by atoms with E-state index in [0.29, 0.717) is 0 Å². The first-order valence-corrected chi connectivity index (χ1v) is 9.43. The molecule has 0 spiro atoms. The lowest BCUT2D eigenvalue weighted by Gasteiger charge is -2.34. The smallest absolute Gasteiger partial charge is 0.251 e. The molecule has 1 aliphatic rings. The lowest BCUT2D eigenvalue weighted by Crippen LogP contribution is -2.47. The molecule has 2 N–H and O–H groups in total. The van der Waals surface area contributed by atoms with Crippen LogP contribution in [0.4, 0.5) is 5.69 Å². The van der Waals surface area contributed by atoms with E-state index >= 15 is 0 Å².